The summed E-state index contributed by atoms with van der Waals surface area (Å²) < 4.78 is 22.2. The first kappa shape index (κ1) is 31.9. The van der Waals surface area contributed by atoms with E-state index in [1.165, 1.54) is 103 Å². The Morgan fingerprint density at radius 2 is 1.47 bits per heavy atom. The van der Waals surface area contributed by atoms with Crippen molar-refractivity contribution in [3.8, 4) is 5.75 Å². The summed E-state index contributed by atoms with van der Waals surface area (Å²) in [6, 6.07) is 6.85. The SMILES string of the molecule is CCCCCC(CCC)c1ccc(OCCC[Si](OC(C)=O)(OC(C)=O)OC(C)=O)c(C2CCCCC2)c1. The van der Waals surface area contributed by atoms with E-state index in [-0.39, 0.29) is 6.04 Å². The second-order valence-corrected chi connectivity index (χ2v) is 13.0. The zero-order chi connectivity index (χ0) is 28.0. The fourth-order valence-electron chi connectivity index (χ4n) is 5.50. The Morgan fingerprint density at radius 1 is 0.842 bits per heavy atom. The Labute approximate surface area is 230 Å². The molecule has 0 N–H and O–H groups in total. The fraction of sp³-hybridized carbons (Fsp3) is 0.700. The Kier molecular flexibility index (Phi) is 13.9. The van der Waals surface area contributed by atoms with E-state index in [1.807, 2.05) is 0 Å². The molecule has 1 saturated carbocycles. The molecule has 0 bridgehead atoms. The third kappa shape index (κ3) is 10.8. The van der Waals surface area contributed by atoms with E-state index >= 15 is 0 Å². The third-order valence-corrected chi connectivity index (χ3v) is 9.89. The van der Waals surface area contributed by atoms with Gasteiger partial charge < -0.3 is 18.0 Å². The van der Waals surface area contributed by atoms with Crippen molar-refractivity contribution in [3.05, 3.63) is 29.3 Å². The van der Waals surface area contributed by atoms with Gasteiger partial charge in [0, 0.05) is 20.8 Å². The maximum atomic E-state index is 11.7. The topological polar surface area (TPSA) is 88.1 Å². The zero-order valence-electron chi connectivity index (χ0n) is 24.1. The third-order valence-electron chi connectivity index (χ3n) is 7.13. The standard InChI is InChI=1S/C30H48O7Si/c1-6-8-10-15-26(14-7-2)28-18-19-30(29(22-28)27-16-11-9-12-17-27)34-20-13-21-38(35-23(3)31,36-24(4)32)37-25(5)33/h18-19,22,26-27H,6-17,20-21H2,1-5H3. The molecule has 38 heavy (non-hydrogen) atoms. The molecule has 0 amide bonds. The summed E-state index contributed by atoms with van der Waals surface area (Å²) in [5, 5.41) is 0. The molecule has 0 heterocycles. The lowest BCUT2D eigenvalue weighted by Gasteiger charge is -2.27. The highest BCUT2D eigenvalue weighted by Crippen LogP contribution is 2.40. The van der Waals surface area contributed by atoms with Crippen molar-refractivity contribution in [1.29, 1.82) is 0 Å². The first-order chi connectivity index (χ1) is 18.2. The highest BCUT2D eigenvalue weighted by molar-refractivity contribution is 6.65. The molecule has 7 nitrogen and oxygen atoms in total. The van der Waals surface area contributed by atoms with Crippen LogP contribution < -0.4 is 4.74 Å². The minimum atomic E-state index is -3.85. The van der Waals surface area contributed by atoms with Crippen molar-refractivity contribution >= 4 is 26.7 Å². The largest absolute Gasteiger partial charge is 0.705 e. The molecule has 1 unspecified atom stereocenters. The number of ether oxygens (including phenoxy) is 1. The Balaban J connectivity index is 2.19. The molecule has 0 aliphatic heterocycles. The molecule has 2 rings (SSSR count). The minimum absolute atomic E-state index is 0.110. The summed E-state index contributed by atoms with van der Waals surface area (Å²) in [4.78, 5) is 35.1. The van der Waals surface area contributed by atoms with E-state index in [0.29, 0.717) is 24.9 Å². The van der Waals surface area contributed by atoms with E-state index in [1.54, 1.807) is 0 Å². The van der Waals surface area contributed by atoms with Crippen LogP contribution in [-0.2, 0) is 27.7 Å². The van der Waals surface area contributed by atoms with Gasteiger partial charge in [0.05, 0.1) is 12.7 Å². The van der Waals surface area contributed by atoms with E-state index < -0.39 is 26.7 Å². The number of rotatable bonds is 16. The van der Waals surface area contributed by atoms with Gasteiger partial charge in [-0.05, 0) is 61.1 Å². The summed E-state index contributed by atoms with van der Waals surface area (Å²) in [5.41, 5.74) is 2.71. The normalized spacial score (nSPS) is 15.0. The van der Waals surface area contributed by atoms with E-state index in [4.69, 9.17) is 18.0 Å². The molecule has 214 valence electrons. The van der Waals surface area contributed by atoms with Crippen molar-refractivity contribution in [2.45, 2.75) is 130 Å². The van der Waals surface area contributed by atoms with Gasteiger partial charge in [0.15, 0.2) is 0 Å². The fourth-order valence-corrected chi connectivity index (χ4v) is 7.82. The van der Waals surface area contributed by atoms with Crippen LogP contribution in [0, 0.1) is 0 Å². The van der Waals surface area contributed by atoms with Crippen molar-refractivity contribution < 1.29 is 32.4 Å². The molecule has 0 saturated heterocycles. The number of hydrogen-bond donors (Lipinski definition) is 0. The van der Waals surface area contributed by atoms with Crippen molar-refractivity contribution in [1.82, 2.24) is 0 Å². The first-order valence-corrected chi connectivity index (χ1v) is 16.5. The zero-order valence-corrected chi connectivity index (χ0v) is 25.1. The van der Waals surface area contributed by atoms with Gasteiger partial charge in [0.2, 0.25) is 0 Å². The summed E-state index contributed by atoms with van der Waals surface area (Å²) in [5.74, 6) is -0.00867. The van der Waals surface area contributed by atoms with Crippen molar-refractivity contribution in [2.75, 3.05) is 6.61 Å². The summed E-state index contributed by atoms with van der Waals surface area (Å²) in [7, 11) is -3.85. The number of hydrogen-bond acceptors (Lipinski definition) is 7. The van der Waals surface area contributed by atoms with E-state index in [0.717, 1.165) is 5.75 Å². The molecule has 1 aromatic carbocycles. The van der Waals surface area contributed by atoms with Crippen LogP contribution in [0.5, 0.6) is 5.75 Å². The van der Waals surface area contributed by atoms with Crippen LogP contribution in [0.2, 0.25) is 6.04 Å². The number of unbranched alkanes of at least 4 members (excludes halogenated alkanes) is 2. The molecule has 1 atom stereocenters. The molecule has 1 aliphatic rings. The maximum Gasteiger partial charge on any atom is 0.705 e. The smallest absolute Gasteiger partial charge is 0.493 e. The molecule has 1 aliphatic carbocycles. The van der Waals surface area contributed by atoms with E-state index in [9.17, 15) is 14.4 Å². The van der Waals surface area contributed by atoms with Crippen LogP contribution in [0.1, 0.15) is 135 Å². The quantitative estimate of drug-likeness (QED) is 0.155. The van der Waals surface area contributed by atoms with Gasteiger partial charge in [-0.15, -0.1) is 0 Å². The summed E-state index contributed by atoms with van der Waals surface area (Å²) in [6.45, 7) is 8.45. The van der Waals surface area contributed by atoms with Crippen LogP contribution in [0.4, 0.5) is 0 Å². The van der Waals surface area contributed by atoms with Gasteiger partial charge in [-0.1, -0.05) is 70.9 Å². The first-order valence-electron chi connectivity index (χ1n) is 14.5. The lowest BCUT2D eigenvalue weighted by atomic mass is 9.81. The lowest BCUT2D eigenvalue weighted by molar-refractivity contribution is -0.147. The highest BCUT2D eigenvalue weighted by Gasteiger charge is 2.51. The van der Waals surface area contributed by atoms with E-state index in [2.05, 4.69) is 32.0 Å². The highest BCUT2D eigenvalue weighted by atomic mass is 28.4. The molecule has 8 heteroatoms. The Morgan fingerprint density at radius 3 is 2.03 bits per heavy atom. The second-order valence-electron chi connectivity index (χ2n) is 10.5. The monoisotopic (exact) mass is 548 g/mol. The molecular formula is C30H48O7Si. The number of carbonyl (C=O) groups excluding carboxylic acids is 3. The molecule has 0 spiro atoms. The van der Waals surface area contributed by atoms with Gasteiger partial charge in [0.25, 0.3) is 17.9 Å². The molecular weight excluding hydrogens is 500 g/mol. The van der Waals surface area contributed by atoms with Crippen molar-refractivity contribution in [2.24, 2.45) is 0 Å². The minimum Gasteiger partial charge on any atom is -0.493 e. The predicted molar refractivity (Wildman–Crippen MR) is 150 cm³/mol. The summed E-state index contributed by atoms with van der Waals surface area (Å²) in [6.07, 6.45) is 13.9. The number of benzene rings is 1. The van der Waals surface area contributed by atoms with Crippen molar-refractivity contribution in [3.63, 3.8) is 0 Å². The molecule has 0 aromatic heterocycles. The van der Waals surface area contributed by atoms with Gasteiger partial charge in [0.1, 0.15) is 5.75 Å². The Bertz CT molecular complexity index is 854. The molecule has 0 radical (unpaired) electrons. The number of carbonyl (C=O) groups is 3. The average Bonchev–Trinajstić information content (AvgIpc) is 2.85. The molecule has 1 fully saturated rings. The predicted octanol–water partition coefficient (Wildman–Crippen LogP) is 7.60. The van der Waals surface area contributed by atoms with Crippen LogP contribution in [-0.4, -0.2) is 33.3 Å². The Hall–Kier alpha value is -2.35. The van der Waals surface area contributed by atoms with Gasteiger partial charge in [-0.25, -0.2) is 0 Å². The van der Waals surface area contributed by atoms with Crippen LogP contribution >= 0.6 is 0 Å². The molecule has 1 aromatic rings. The van der Waals surface area contributed by atoms with Gasteiger partial charge in [-0.3, -0.25) is 14.4 Å². The second kappa shape index (κ2) is 16.6. The van der Waals surface area contributed by atoms with Crippen LogP contribution in [0.3, 0.4) is 0 Å². The van der Waals surface area contributed by atoms with Crippen LogP contribution in [0.25, 0.3) is 0 Å². The maximum absolute atomic E-state index is 11.7. The van der Waals surface area contributed by atoms with Crippen LogP contribution in [0.15, 0.2) is 18.2 Å². The van der Waals surface area contributed by atoms with Gasteiger partial charge >= 0.3 is 8.80 Å². The lowest BCUT2D eigenvalue weighted by Crippen LogP contribution is -2.49. The average molecular weight is 549 g/mol. The summed E-state index contributed by atoms with van der Waals surface area (Å²) >= 11 is 0. The van der Waals surface area contributed by atoms with Gasteiger partial charge in [-0.2, -0.15) is 0 Å².